The first-order chi connectivity index (χ1) is 22.1. The first-order valence-corrected chi connectivity index (χ1v) is 16.6. The van der Waals surface area contributed by atoms with Gasteiger partial charge in [0, 0.05) is 36.8 Å². The second-order valence-corrected chi connectivity index (χ2v) is 12.3. The lowest BCUT2D eigenvalue weighted by atomic mass is 9.96. The first kappa shape index (κ1) is 30.5. The van der Waals surface area contributed by atoms with Crippen LogP contribution in [0.25, 0.3) is 33.5 Å². The normalized spacial score (nSPS) is 13.8. The number of carbonyl (C=O) groups is 1. The van der Waals surface area contributed by atoms with E-state index in [0.29, 0.717) is 18.9 Å². The van der Waals surface area contributed by atoms with E-state index < -0.39 is 0 Å². The van der Waals surface area contributed by atoms with Crippen molar-refractivity contribution >= 4 is 22.8 Å². The van der Waals surface area contributed by atoms with Crippen molar-refractivity contribution in [1.82, 2.24) is 35.5 Å². The maximum Gasteiger partial charge on any atom is 0.322 e. The number of hydrogen-bond donors (Lipinski definition) is 2. The van der Waals surface area contributed by atoms with Crippen LogP contribution in [-0.4, -0.2) is 48.8 Å². The number of H-pyrrole nitrogens is 1. The van der Waals surface area contributed by atoms with Gasteiger partial charge in [-0.2, -0.15) is 5.21 Å². The lowest BCUT2D eigenvalue weighted by Gasteiger charge is -2.29. The van der Waals surface area contributed by atoms with Crippen LogP contribution in [0.1, 0.15) is 82.2 Å². The summed E-state index contributed by atoms with van der Waals surface area (Å²) < 4.78 is 2.34. The van der Waals surface area contributed by atoms with Gasteiger partial charge in [0.2, 0.25) is 5.82 Å². The molecule has 0 bridgehead atoms. The van der Waals surface area contributed by atoms with Crippen molar-refractivity contribution in [3.05, 3.63) is 77.6 Å². The van der Waals surface area contributed by atoms with Crippen LogP contribution >= 0.6 is 0 Å². The number of urea groups is 1. The minimum absolute atomic E-state index is 0.0191. The van der Waals surface area contributed by atoms with Crippen molar-refractivity contribution in [2.45, 2.75) is 91.1 Å². The Labute approximate surface area is 265 Å². The highest BCUT2D eigenvalue weighted by molar-refractivity contribution is 5.95. The molecule has 6 rings (SSSR count). The summed E-state index contributed by atoms with van der Waals surface area (Å²) in [5, 5.41) is 18.0. The molecule has 2 amide bonds. The average Bonchev–Trinajstić information content (AvgIpc) is 3.72. The Morgan fingerprint density at radius 1 is 1.00 bits per heavy atom. The van der Waals surface area contributed by atoms with Crippen LogP contribution in [0, 0.1) is 6.92 Å². The number of aromatic nitrogens is 6. The molecular weight excluding hydrogens is 560 g/mol. The maximum atomic E-state index is 13.7. The van der Waals surface area contributed by atoms with E-state index in [-0.39, 0.29) is 12.1 Å². The van der Waals surface area contributed by atoms with Crippen LogP contribution in [0.3, 0.4) is 0 Å². The monoisotopic (exact) mass is 604 g/mol. The molecule has 9 nitrogen and oxygen atoms in total. The minimum atomic E-state index is 0.0191. The van der Waals surface area contributed by atoms with Gasteiger partial charge in [-0.1, -0.05) is 88.1 Å². The van der Waals surface area contributed by atoms with Gasteiger partial charge in [0.05, 0.1) is 11.0 Å². The number of tetrazole rings is 1. The molecule has 0 radical (unpaired) electrons. The Morgan fingerprint density at radius 2 is 1.78 bits per heavy atom. The van der Waals surface area contributed by atoms with E-state index >= 15 is 0 Å². The number of amides is 2. The Kier molecular flexibility index (Phi) is 9.52. The number of anilines is 1. The summed E-state index contributed by atoms with van der Waals surface area (Å²) in [7, 11) is 0. The second-order valence-electron chi connectivity index (χ2n) is 12.3. The molecule has 1 aliphatic rings. The number of aromatic amines is 1. The Hall–Kier alpha value is -4.53. The summed E-state index contributed by atoms with van der Waals surface area (Å²) in [4.78, 5) is 20.8. The van der Waals surface area contributed by atoms with Crippen molar-refractivity contribution in [1.29, 1.82) is 0 Å². The lowest BCUT2D eigenvalue weighted by molar-refractivity contribution is 0.238. The third-order valence-corrected chi connectivity index (χ3v) is 8.93. The minimum Gasteiger partial charge on any atom is -0.335 e. The highest BCUT2D eigenvalue weighted by Crippen LogP contribution is 2.32. The predicted molar refractivity (Wildman–Crippen MR) is 180 cm³/mol. The molecule has 0 saturated heterocycles. The third kappa shape index (κ3) is 6.77. The third-order valence-electron chi connectivity index (χ3n) is 8.93. The number of imidazole rings is 1. The summed E-state index contributed by atoms with van der Waals surface area (Å²) in [6.07, 6.45) is 9.67. The number of benzene rings is 3. The summed E-state index contributed by atoms with van der Waals surface area (Å²) in [5.41, 5.74) is 8.41. The smallest absolute Gasteiger partial charge is 0.322 e. The maximum absolute atomic E-state index is 13.7. The van der Waals surface area contributed by atoms with Crippen LogP contribution < -0.4 is 10.2 Å². The Bertz CT molecular complexity index is 1720. The highest BCUT2D eigenvalue weighted by Gasteiger charge is 2.23. The fourth-order valence-corrected chi connectivity index (χ4v) is 6.51. The van der Waals surface area contributed by atoms with Gasteiger partial charge < -0.3 is 9.88 Å². The van der Waals surface area contributed by atoms with Gasteiger partial charge in [-0.3, -0.25) is 4.90 Å². The van der Waals surface area contributed by atoms with Crippen LogP contribution in [0.15, 0.2) is 60.7 Å². The molecule has 0 atom stereocenters. The summed E-state index contributed by atoms with van der Waals surface area (Å²) >= 11 is 0. The fraction of sp³-hybridized carbons (Fsp3) is 0.417. The van der Waals surface area contributed by atoms with Gasteiger partial charge in [0.15, 0.2) is 0 Å². The van der Waals surface area contributed by atoms with Crippen LogP contribution in [-0.2, 0) is 13.0 Å². The van der Waals surface area contributed by atoms with Crippen molar-refractivity contribution in [2.75, 3.05) is 11.4 Å². The zero-order chi connectivity index (χ0) is 31.2. The number of carbonyl (C=O) groups excluding carboxylic acids is 1. The van der Waals surface area contributed by atoms with E-state index in [1.807, 2.05) is 23.1 Å². The number of nitrogens with one attached hydrogen (secondary N) is 2. The van der Waals surface area contributed by atoms with Crippen LogP contribution in [0.2, 0.25) is 0 Å². The first-order valence-electron chi connectivity index (χ1n) is 16.6. The molecule has 2 N–H and O–H groups in total. The molecule has 0 aliphatic heterocycles. The zero-order valence-corrected chi connectivity index (χ0v) is 26.7. The molecule has 1 fully saturated rings. The summed E-state index contributed by atoms with van der Waals surface area (Å²) in [6, 6.07) is 21.4. The van der Waals surface area contributed by atoms with E-state index in [0.717, 1.165) is 83.3 Å². The molecule has 0 spiro atoms. The predicted octanol–water partition coefficient (Wildman–Crippen LogP) is 7.84. The van der Waals surface area contributed by atoms with E-state index in [1.54, 1.807) is 0 Å². The Morgan fingerprint density at radius 3 is 2.49 bits per heavy atom. The van der Waals surface area contributed by atoms with Crippen molar-refractivity contribution in [2.24, 2.45) is 0 Å². The van der Waals surface area contributed by atoms with E-state index in [2.05, 4.69) is 93.7 Å². The molecule has 1 aliphatic carbocycles. The summed E-state index contributed by atoms with van der Waals surface area (Å²) in [5.74, 6) is 1.65. The molecule has 45 heavy (non-hydrogen) atoms. The molecule has 1 saturated carbocycles. The molecule has 3 aromatic carbocycles. The summed E-state index contributed by atoms with van der Waals surface area (Å²) in [6.45, 7) is 7.88. The largest absolute Gasteiger partial charge is 0.335 e. The van der Waals surface area contributed by atoms with Gasteiger partial charge in [-0.15, -0.1) is 10.2 Å². The number of rotatable bonds is 11. The van der Waals surface area contributed by atoms with Crippen molar-refractivity contribution in [3.63, 3.8) is 0 Å². The lowest BCUT2D eigenvalue weighted by Crippen LogP contribution is -2.46. The van der Waals surface area contributed by atoms with Crippen molar-refractivity contribution < 1.29 is 4.79 Å². The number of nitrogens with zero attached hydrogens (tertiary/aromatic N) is 6. The average molecular weight is 605 g/mol. The topological polar surface area (TPSA) is 105 Å². The standard InChI is InChI=1S/C36H44N8O/c1-4-6-21-43(36(45)37-28-13-8-7-9-14-28)29-22-25(3)34-32(23-29)44(33(38-34)12-5-2)24-26-17-19-27(20-18-26)30-15-10-11-16-31(30)35-39-41-42-40-35/h10-11,15-20,22-23,28H,4-9,12-14,21,24H2,1-3H3,(H,37,45)(H,39,40,41,42). The van der Waals surface area contributed by atoms with Gasteiger partial charge in [-0.05, 0) is 72.2 Å². The van der Waals surface area contributed by atoms with Crippen LogP contribution in [0.4, 0.5) is 10.5 Å². The number of unbranched alkanes of at least 4 members (excludes halogenated alkanes) is 1. The molecule has 2 aromatic heterocycles. The molecular formula is C36H44N8O. The molecule has 234 valence electrons. The quantitative estimate of drug-likeness (QED) is 0.160. The van der Waals surface area contributed by atoms with Gasteiger partial charge in [0.25, 0.3) is 0 Å². The van der Waals surface area contributed by atoms with E-state index in [1.165, 1.54) is 24.8 Å². The SMILES string of the molecule is CCCCN(C(=O)NC1CCCCC1)c1cc(C)c2nc(CCC)n(Cc3ccc(-c4ccccc4-c4nn[nH]n4)cc3)c2c1. The molecule has 9 heteroatoms. The van der Waals surface area contributed by atoms with Crippen LogP contribution in [0.5, 0.6) is 0 Å². The fourth-order valence-electron chi connectivity index (χ4n) is 6.51. The number of hydrogen-bond acceptors (Lipinski definition) is 5. The number of aryl methyl sites for hydroxylation is 2. The zero-order valence-electron chi connectivity index (χ0n) is 26.7. The molecule has 5 aromatic rings. The van der Waals surface area contributed by atoms with Gasteiger partial charge in [-0.25, -0.2) is 9.78 Å². The van der Waals surface area contributed by atoms with Gasteiger partial charge in [0.1, 0.15) is 5.82 Å². The van der Waals surface area contributed by atoms with Gasteiger partial charge >= 0.3 is 6.03 Å². The number of fused-ring (bicyclic) bond motifs is 1. The van der Waals surface area contributed by atoms with Crippen molar-refractivity contribution in [3.8, 4) is 22.5 Å². The highest BCUT2D eigenvalue weighted by atomic mass is 16.2. The Balaban J connectivity index is 1.32. The molecule has 0 unspecified atom stereocenters. The van der Waals surface area contributed by atoms with E-state index in [4.69, 9.17) is 4.98 Å². The molecule has 2 heterocycles. The van der Waals surface area contributed by atoms with E-state index in [9.17, 15) is 4.79 Å². The second kappa shape index (κ2) is 14.1.